The number of rotatable bonds is 2. The summed E-state index contributed by atoms with van der Waals surface area (Å²) < 4.78 is 12.8. The van der Waals surface area contributed by atoms with Crippen molar-refractivity contribution in [1.82, 2.24) is 9.80 Å². The van der Waals surface area contributed by atoms with E-state index < -0.39 is 6.17 Å². The highest BCUT2D eigenvalue weighted by atomic mass is 19.1. The Bertz CT molecular complexity index is 274. The molecule has 2 aliphatic rings. The van der Waals surface area contributed by atoms with Crippen LogP contribution in [0.3, 0.4) is 0 Å². The summed E-state index contributed by atoms with van der Waals surface area (Å²) in [5, 5.41) is 0. The minimum atomic E-state index is -0.667. The van der Waals surface area contributed by atoms with E-state index in [2.05, 4.69) is 18.7 Å². The van der Waals surface area contributed by atoms with Gasteiger partial charge in [0.05, 0.1) is 0 Å². The maximum absolute atomic E-state index is 12.8. The summed E-state index contributed by atoms with van der Waals surface area (Å²) in [6.07, 6.45) is -0.0594. The van der Waals surface area contributed by atoms with Crippen molar-refractivity contribution in [3.63, 3.8) is 0 Å². The number of hydrogen-bond donors (Lipinski definition) is 0. The van der Waals surface area contributed by atoms with Gasteiger partial charge >= 0.3 is 0 Å². The largest absolute Gasteiger partial charge is 0.345 e. The first kappa shape index (κ1) is 10.9. The fourth-order valence-electron chi connectivity index (χ4n) is 2.49. The monoisotopic (exact) mass is 214 g/mol. The molecular weight excluding hydrogens is 195 g/mol. The zero-order valence-corrected chi connectivity index (χ0v) is 9.66. The highest BCUT2D eigenvalue weighted by Crippen LogP contribution is 2.35. The second-order valence-electron chi connectivity index (χ2n) is 5.33. The van der Waals surface area contributed by atoms with Gasteiger partial charge in [0.25, 0.3) is 0 Å². The van der Waals surface area contributed by atoms with Gasteiger partial charge in [0.2, 0.25) is 5.91 Å². The van der Waals surface area contributed by atoms with E-state index in [1.807, 2.05) is 7.05 Å². The summed E-state index contributed by atoms with van der Waals surface area (Å²) in [5.41, 5.74) is -0.0526. The fraction of sp³-hybridized carbons (Fsp3) is 0.909. The van der Waals surface area contributed by atoms with E-state index in [1.54, 1.807) is 4.90 Å². The van der Waals surface area contributed by atoms with Crippen molar-refractivity contribution in [3.05, 3.63) is 0 Å². The zero-order valence-electron chi connectivity index (χ0n) is 9.66. The summed E-state index contributed by atoms with van der Waals surface area (Å²) in [6.45, 7) is 6.11. The lowest BCUT2D eigenvalue weighted by molar-refractivity contribution is -0.126. The Labute approximate surface area is 90.2 Å². The van der Waals surface area contributed by atoms with Crippen LogP contribution in [-0.4, -0.2) is 54.1 Å². The molecule has 0 spiro atoms. The Morgan fingerprint density at radius 3 is 2.33 bits per heavy atom. The van der Waals surface area contributed by atoms with Gasteiger partial charge in [0.1, 0.15) is 6.17 Å². The molecular formula is C11H19FN2O. The third-order valence-electron chi connectivity index (χ3n) is 3.99. The predicted molar refractivity (Wildman–Crippen MR) is 56.3 cm³/mol. The summed E-state index contributed by atoms with van der Waals surface area (Å²) in [4.78, 5) is 15.4. The second-order valence-corrected chi connectivity index (χ2v) is 5.33. The van der Waals surface area contributed by atoms with Gasteiger partial charge in [-0.3, -0.25) is 9.69 Å². The van der Waals surface area contributed by atoms with Crippen LogP contribution in [0.4, 0.5) is 4.39 Å². The smallest absolute Gasteiger partial charge is 0.222 e. The first-order valence-electron chi connectivity index (χ1n) is 5.54. The molecule has 0 radical (unpaired) electrons. The summed E-state index contributed by atoms with van der Waals surface area (Å²) in [7, 11) is 1.84. The van der Waals surface area contributed by atoms with Crippen molar-refractivity contribution < 1.29 is 9.18 Å². The third kappa shape index (κ3) is 1.75. The first-order chi connectivity index (χ1) is 6.91. The van der Waals surface area contributed by atoms with Crippen molar-refractivity contribution >= 4 is 5.91 Å². The lowest BCUT2D eigenvalue weighted by atomic mass is 9.82. The maximum atomic E-state index is 12.8. The van der Waals surface area contributed by atoms with Crippen molar-refractivity contribution in [1.29, 1.82) is 0 Å². The number of hydrogen-bond acceptors (Lipinski definition) is 2. The van der Waals surface area contributed by atoms with E-state index in [0.29, 0.717) is 25.4 Å². The van der Waals surface area contributed by atoms with Gasteiger partial charge in [-0.25, -0.2) is 4.39 Å². The number of likely N-dealkylation sites (tertiary alicyclic amines) is 2. The Balaban J connectivity index is 2.00. The maximum Gasteiger partial charge on any atom is 0.222 e. The molecule has 1 atom stereocenters. The number of alkyl halides is 1. The number of halogens is 1. The molecule has 2 rings (SSSR count). The molecule has 3 nitrogen and oxygen atoms in total. The SMILES string of the molecule is CN1CC(C(C)(C)N2CC(F)C2)CC1=O. The Kier molecular flexibility index (Phi) is 2.49. The molecule has 1 unspecified atom stereocenters. The number of amides is 1. The number of carbonyl (C=O) groups is 1. The molecule has 15 heavy (non-hydrogen) atoms. The number of nitrogens with zero attached hydrogens (tertiary/aromatic N) is 2. The first-order valence-corrected chi connectivity index (χ1v) is 5.54. The quantitative estimate of drug-likeness (QED) is 0.682. The van der Waals surface area contributed by atoms with Crippen LogP contribution in [0.15, 0.2) is 0 Å². The van der Waals surface area contributed by atoms with E-state index in [9.17, 15) is 9.18 Å². The van der Waals surface area contributed by atoms with Gasteiger partial charge in [-0.15, -0.1) is 0 Å². The molecule has 0 aliphatic carbocycles. The fourth-order valence-corrected chi connectivity index (χ4v) is 2.49. The lowest BCUT2D eigenvalue weighted by Crippen LogP contribution is -2.61. The molecule has 2 heterocycles. The molecule has 0 saturated carbocycles. The molecule has 0 aromatic heterocycles. The zero-order chi connectivity index (χ0) is 11.2. The van der Waals surface area contributed by atoms with E-state index in [1.165, 1.54) is 0 Å². The molecule has 0 aromatic carbocycles. The van der Waals surface area contributed by atoms with E-state index in [-0.39, 0.29) is 11.4 Å². The predicted octanol–water partition coefficient (Wildman–Crippen LogP) is 0.897. The normalized spacial score (nSPS) is 29.7. The number of carbonyl (C=O) groups excluding carboxylic acids is 1. The van der Waals surface area contributed by atoms with E-state index in [0.717, 1.165) is 6.54 Å². The second kappa shape index (κ2) is 3.44. The van der Waals surface area contributed by atoms with Crippen LogP contribution in [0.2, 0.25) is 0 Å². The van der Waals surface area contributed by atoms with Gasteiger partial charge in [0.15, 0.2) is 0 Å². The van der Waals surface area contributed by atoms with Crippen molar-refractivity contribution in [3.8, 4) is 0 Å². The van der Waals surface area contributed by atoms with Crippen LogP contribution in [0.5, 0.6) is 0 Å². The molecule has 0 N–H and O–H groups in total. The van der Waals surface area contributed by atoms with Gasteiger partial charge in [0, 0.05) is 44.6 Å². The summed E-state index contributed by atoms with van der Waals surface area (Å²) >= 11 is 0. The van der Waals surface area contributed by atoms with Gasteiger partial charge < -0.3 is 4.90 Å². The molecule has 4 heteroatoms. The van der Waals surface area contributed by atoms with Crippen LogP contribution >= 0.6 is 0 Å². The van der Waals surface area contributed by atoms with Crippen molar-refractivity contribution in [2.45, 2.75) is 32.0 Å². The molecule has 2 saturated heterocycles. The third-order valence-corrected chi connectivity index (χ3v) is 3.99. The molecule has 86 valence electrons. The average Bonchev–Trinajstić information content (AvgIpc) is 2.42. The minimum Gasteiger partial charge on any atom is -0.345 e. The van der Waals surface area contributed by atoms with Crippen LogP contribution < -0.4 is 0 Å². The summed E-state index contributed by atoms with van der Waals surface area (Å²) in [5.74, 6) is 0.549. The summed E-state index contributed by atoms with van der Waals surface area (Å²) in [6, 6.07) is 0. The van der Waals surface area contributed by atoms with Crippen LogP contribution in [0, 0.1) is 5.92 Å². The molecule has 1 amide bonds. The van der Waals surface area contributed by atoms with Crippen LogP contribution in [0.25, 0.3) is 0 Å². The van der Waals surface area contributed by atoms with Crippen LogP contribution in [-0.2, 0) is 4.79 Å². The Hall–Kier alpha value is -0.640. The molecule has 0 aromatic rings. The molecule has 2 aliphatic heterocycles. The minimum absolute atomic E-state index is 0.0526. The molecule has 0 bridgehead atoms. The average molecular weight is 214 g/mol. The van der Waals surface area contributed by atoms with E-state index in [4.69, 9.17) is 0 Å². The van der Waals surface area contributed by atoms with E-state index >= 15 is 0 Å². The molecule has 2 fully saturated rings. The van der Waals surface area contributed by atoms with Gasteiger partial charge in [-0.1, -0.05) is 0 Å². The standard InChI is InChI=1S/C11H19FN2O/c1-11(2,14-6-9(12)7-14)8-4-10(15)13(3)5-8/h8-9H,4-7H2,1-3H3. The lowest BCUT2D eigenvalue weighted by Gasteiger charge is -2.49. The Morgan fingerprint density at radius 1 is 1.33 bits per heavy atom. The highest BCUT2D eigenvalue weighted by Gasteiger charge is 2.45. The van der Waals surface area contributed by atoms with Gasteiger partial charge in [-0.2, -0.15) is 0 Å². The Morgan fingerprint density at radius 2 is 1.93 bits per heavy atom. The van der Waals surface area contributed by atoms with Crippen molar-refractivity contribution in [2.24, 2.45) is 5.92 Å². The van der Waals surface area contributed by atoms with Gasteiger partial charge in [-0.05, 0) is 13.8 Å². The topological polar surface area (TPSA) is 23.6 Å². The highest BCUT2D eigenvalue weighted by molar-refractivity contribution is 5.78. The van der Waals surface area contributed by atoms with Crippen molar-refractivity contribution in [2.75, 3.05) is 26.7 Å². The van der Waals surface area contributed by atoms with Crippen LogP contribution in [0.1, 0.15) is 20.3 Å².